The fraction of sp³-hybridized carbons (Fsp3) is 0.450. The number of thiazole rings is 1. The van der Waals surface area contributed by atoms with Gasteiger partial charge in [0.25, 0.3) is 0 Å². The van der Waals surface area contributed by atoms with Crippen molar-refractivity contribution in [2.45, 2.75) is 19.9 Å². The van der Waals surface area contributed by atoms with Crippen LogP contribution in [-0.2, 0) is 27.3 Å². The van der Waals surface area contributed by atoms with Gasteiger partial charge in [-0.3, -0.25) is 14.5 Å². The van der Waals surface area contributed by atoms with Crippen LogP contribution < -0.4 is 5.32 Å². The van der Waals surface area contributed by atoms with Crippen molar-refractivity contribution in [3.05, 3.63) is 45.9 Å². The standard InChI is InChI=1S/C20H26N4O3S/c1-15-5-3-4-6-17(15)22-18(25)11-19-21-16(14-28-19)12-23(2)13-20(26)24-7-9-27-10-8-24/h3-6,14H,7-13H2,1-2H3,(H,22,25). The second-order valence-corrected chi connectivity index (χ2v) is 7.88. The molecule has 150 valence electrons. The fourth-order valence-corrected chi connectivity index (χ4v) is 3.81. The van der Waals surface area contributed by atoms with E-state index in [9.17, 15) is 9.59 Å². The van der Waals surface area contributed by atoms with Crippen LogP contribution in [0.1, 0.15) is 16.3 Å². The summed E-state index contributed by atoms with van der Waals surface area (Å²) in [7, 11) is 1.91. The van der Waals surface area contributed by atoms with E-state index in [0.717, 1.165) is 22.0 Å². The van der Waals surface area contributed by atoms with Crippen LogP contribution in [0, 0.1) is 6.92 Å². The largest absolute Gasteiger partial charge is 0.378 e. The SMILES string of the molecule is Cc1ccccc1NC(=O)Cc1nc(CN(C)CC(=O)N2CCOCC2)cs1. The fourth-order valence-electron chi connectivity index (χ4n) is 3.02. The molecular formula is C20H26N4O3S. The Morgan fingerprint density at radius 2 is 2.04 bits per heavy atom. The smallest absolute Gasteiger partial charge is 0.236 e. The summed E-state index contributed by atoms with van der Waals surface area (Å²) in [5, 5.41) is 5.65. The lowest BCUT2D eigenvalue weighted by Crippen LogP contribution is -2.44. The van der Waals surface area contributed by atoms with E-state index in [1.807, 2.05) is 53.4 Å². The second kappa shape index (κ2) is 9.77. The van der Waals surface area contributed by atoms with E-state index in [0.29, 0.717) is 39.4 Å². The molecule has 7 nitrogen and oxygen atoms in total. The summed E-state index contributed by atoms with van der Waals surface area (Å²) in [5.74, 6) is 0.0323. The number of ether oxygens (including phenoxy) is 1. The maximum atomic E-state index is 12.3. The van der Waals surface area contributed by atoms with Crippen molar-refractivity contribution >= 4 is 28.8 Å². The number of carbonyl (C=O) groups is 2. The third-order valence-electron chi connectivity index (χ3n) is 4.53. The monoisotopic (exact) mass is 402 g/mol. The molecule has 1 saturated heterocycles. The van der Waals surface area contributed by atoms with Gasteiger partial charge >= 0.3 is 0 Å². The Hall–Kier alpha value is -2.29. The van der Waals surface area contributed by atoms with Gasteiger partial charge in [0.2, 0.25) is 11.8 Å². The molecule has 1 aliphatic rings. The number of morpholine rings is 1. The van der Waals surface area contributed by atoms with Crippen molar-refractivity contribution in [3.63, 3.8) is 0 Å². The van der Waals surface area contributed by atoms with E-state index in [4.69, 9.17) is 4.74 Å². The maximum absolute atomic E-state index is 12.3. The molecule has 0 spiro atoms. The van der Waals surface area contributed by atoms with E-state index < -0.39 is 0 Å². The number of hydrogen-bond acceptors (Lipinski definition) is 6. The highest BCUT2D eigenvalue weighted by atomic mass is 32.1. The molecule has 0 saturated carbocycles. The molecule has 1 aromatic heterocycles. The number of rotatable bonds is 7. The number of nitrogens with zero attached hydrogens (tertiary/aromatic N) is 3. The van der Waals surface area contributed by atoms with Crippen LogP contribution in [-0.4, -0.2) is 66.5 Å². The van der Waals surface area contributed by atoms with Gasteiger partial charge in [-0.2, -0.15) is 0 Å². The van der Waals surface area contributed by atoms with Crippen LogP contribution in [0.25, 0.3) is 0 Å². The molecule has 28 heavy (non-hydrogen) atoms. The van der Waals surface area contributed by atoms with Gasteiger partial charge in [0.1, 0.15) is 5.01 Å². The molecule has 1 aliphatic heterocycles. The van der Waals surface area contributed by atoms with Crippen molar-refractivity contribution in [1.29, 1.82) is 0 Å². The predicted molar refractivity (Wildman–Crippen MR) is 109 cm³/mol. The molecule has 1 aromatic carbocycles. The van der Waals surface area contributed by atoms with Crippen LogP contribution >= 0.6 is 11.3 Å². The molecular weight excluding hydrogens is 376 g/mol. The first-order chi connectivity index (χ1) is 13.5. The first-order valence-corrected chi connectivity index (χ1v) is 10.2. The Kier molecular flexibility index (Phi) is 7.13. The molecule has 2 aromatic rings. The number of nitrogens with one attached hydrogen (secondary N) is 1. The number of amides is 2. The summed E-state index contributed by atoms with van der Waals surface area (Å²) in [6, 6.07) is 7.70. The van der Waals surface area contributed by atoms with Gasteiger partial charge in [0, 0.05) is 30.7 Å². The van der Waals surface area contributed by atoms with Crippen molar-refractivity contribution in [2.75, 3.05) is 45.2 Å². The van der Waals surface area contributed by atoms with Crippen LogP contribution in [0.4, 0.5) is 5.69 Å². The normalized spacial score (nSPS) is 14.3. The summed E-state index contributed by atoms with van der Waals surface area (Å²) < 4.78 is 5.28. The Morgan fingerprint density at radius 3 is 2.79 bits per heavy atom. The van der Waals surface area contributed by atoms with Gasteiger partial charge in [0.05, 0.1) is 31.9 Å². The van der Waals surface area contributed by atoms with E-state index >= 15 is 0 Å². The summed E-state index contributed by atoms with van der Waals surface area (Å²) in [4.78, 5) is 32.9. The van der Waals surface area contributed by atoms with Gasteiger partial charge in [0.15, 0.2) is 0 Å². The lowest BCUT2D eigenvalue weighted by atomic mass is 10.2. The Bertz CT molecular complexity index is 817. The molecule has 0 aliphatic carbocycles. The number of likely N-dealkylation sites (N-methyl/N-ethyl adjacent to an activating group) is 1. The molecule has 8 heteroatoms. The van der Waals surface area contributed by atoms with E-state index in [2.05, 4.69) is 10.3 Å². The third kappa shape index (κ3) is 5.85. The van der Waals surface area contributed by atoms with Crippen molar-refractivity contribution in [1.82, 2.24) is 14.8 Å². The third-order valence-corrected chi connectivity index (χ3v) is 5.43. The molecule has 0 radical (unpaired) electrons. The molecule has 2 heterocycles. The number of benzene rings is 1. The molecule has 0 bridgehead atoms. The zero-order chi connectivity index (χ0) is 19.9. The summed E-state index contributed by atoms with van der Waals surface area (Å²) >= 11 is 1.47. The topological polar surface area (TPSA) is 74.8 Å². The molecule has 1 N–H and O–H groups in total. The minimum atomic E-state index is -0.0777. The highest BCUT2D eigenvalue weighted by Crippen LogP contribution is 2.16. The molecule has 2 amide bonds. The van der Waals surface area contributed by atoms with Crippen molar-refractivity contribution < 1.29 is 14.3 Å². The number of hydrogen-bond donors (Lipinski definition) is 1. The summed E-state index contributed by atoms with van der Waals surface area (Å²) in [6.45, 7) is 5.41. The number of para-hydroxylation sites is 1. The first-order valence-electron chi connectivity index (χ1n) is 9.34. The van der Waals surface area contributed by atoms with E-state index in [1.165, 1.54) is 11.3 Å². The first kappa shape index (κ1) is 20.4. The zero-order valence-corrected chi connectivity index (χ0v) is 17.1. The van der Waals surface area contributed by atoms with Gasteiger partial charge in [-0.15, -0.1) is 11.3 Å². The van der Waals surface area contributed by atoms with Crippen LogP contribution in [0.2, 0.25) is 0 Å². The Balaban J connectivity index is 1.47. The zero-order valence-electron chi connectivity index (χ0n) is 16.3. The molecule has 0 atom stereocenters. The predicted octanol–water partition coefficient (Wildman–Crippen LogP) is 1.92. The average molecular weight is 403 g/mol. The molecule has 0 unspecified atom stereocenters. The molecule has 3 rings (SSSR count). The average Bonchev–Trinajstić information content (AvgIpc) is 3.10. The van der Waals surface area contributed by atoms with Crippen molar-refractivity contribution in [3.8, 4) is 0 Å². The lowest BCUT2D eigenvalue weighted by Gasteiger charge is -2.28. The minimum Gasteiger partial charge on any atom is -0.378 e. The van der Waals surface area contributed by atoms with Crippen LogP contribution in [0.15, 0.2) is 29.6 Å². The highest BCUT2D eigenvalue weighted by Gasteiger charge is 2.18. The summed E-state index contributed by atoms with van der Waals surface area (Å²) in [5.41, 5.74) is 2.73. The number of anilines is 1. The summed E-state index contributed by atoms with van der Waals surface area (Å²) in [6.07, 6.45) is 0.245. The molecule has 1 fully saturated rings. The quantitative estimate of drug-likeness (QED) is 0.766. The van der Waals surface area contributed by atoms with Crippen molar-refractivity contribution in [2.24, 2.45) is 0 Å². The highest BCUT2D eigenvalue weighted by molar-refractivity contribution is 7.09. The van der Waals surface area contributed by atoms with E-state index in [-0.39, 0.29) is 18.2 Å². The number of aromatic nitrogens is 1. The van der Waals surface area contributed by atoms with Gasteiger partial charge in [-0.25, -0.2) is 4.98 Å². The lowest BCUT2D eigenvalue weighted by molar-refractivity contribution is -0.136. The number of aryl methyl sites for hydroxylation is 1. The van der Waals surface area contributed by atoms with Crippen LogP contribution in [0.5, 0.6) is 0 Å². The van der Waals surface area contributed by atoms with Gasteiger partial charge < -0.3 is 15.0 Å². The van der Waals surface area contributed by atoms with Gasteiger partial charge in [-0.05, 0) is 25.6 Å². The minimum absolute atomic E-state index is 0.0777. The van der Waals surface area contributed by atoms with Crippen LogP contribution in [0.3, 0.4) is 0 Å². The van der Waals surface area contributed by atoms with E-state index in [1.54, 1.807) is 0 Å². The van der Waals surface area contributed by atoms with Gasteiger partial charge in [-0.1, -0.05) is 18.2 Å². The Labute approximate surface area is 169 Å². The Morgan fingerprint density at radius 1 is 1.29 bits per heavy atom. The maximum Gasteiger partial charge on any atom is 0.236 e. The number of carbonyl (C=O) groups excluding carboxylic acids is 2. The second-order valence-electron chi connectivity index (χ2n) is 6.94.